The lowest BCUT2D eigenvalue weighted by Gasteiger charge is -2.03. The Morgan fingerprint density at radius 1 is 1.57 bits per heavy atom. The maximum Gasteiger partial charge on any atom is 0.184 e. The molecule has 0 aromatic carbocycles. The van der Waals surface area contributed by atoms with Gasteiger partial charge in [0.1, 0.15) is 5.15 Å². The first-order valence-corrected chi connectivity index (χ1v) is 6.01. The molecule has 1 N–H and O–H groups in total. The van der Waals surface area contributed by atoms with E-state index >= 15 is 0 Å². The van der Waals surface area contributed by atoms with Gasteiger partial charge >= 0.3 is 0 Å². The Morgan fingerprint density at radius 2 is 2.43 bits per heavy atom. The number of thiazole rings is 1. The van der Waals surface area contributed by atoms with Crippen molar-refractivity contribution in [1.82, 2.24) is 4.98 Å². The maximum absolute atomic E-state index is 5.67. The SMILES string of the molecule is CCCCOCCNc1nc(Cl)cs1. The second-order valence-electron chi connectivity index (χ2n) is 2.87. The van der Waals surface area contributed by atoms with E-state index in [0.29, 0.717) is 5.15 Å². The summed E-state index contributed by atoms with van der Waals surface area (Å²) in [6.45, 7) is 4.50. The molecule has 0 atom stereocenters. The van der Waals surface area contributed by atoms with Crippen molar-refractivity contribution < 1.29 is 4.74 Å². The highest BCUT2D eigenvalue weighted by Crippen LogP contribution is 2.18. The Labute approximate surface area is 93.4 Å². The summed E-state index contributed by atoms with van der Waals surface area (Å²) in [5.41, 5.74) is 0. The lowest BCUT2D eigenvalue weighted by molar-refractivity contribution is 0.141. The first-order valence-electron chi connectivity index (χ1n) is 4.75. The van der Waals surface area contributed by atoms with Crippen molar-refractivity contribution in [2.45, 2.75) is 19.8 Å². The summed E-state index contributed by atoms with van der Waals surface area (Å²) >= 11 is 7.18. The fraction of sp³-hybridized carbons (Fsp3) is 0.667. The number of anilines is 1. The number of rotatable bonds is 7. The molecule has 0 saturated carbocycles. The Hall–Kier alpha value is -0.320. The van der Waals surface area contributed by atoms with Crippen LogP contribution in [-0.4, -0.2) is 24.7 Å². The van der Waals surface area contributed by atoms with Gasteiger partial charge in [-0.3, -0.25) is 0 Å². The summed E-state index contributed by atoms with van der Waals surface area (Å²) < 4.78 is 5.38. The van der Waals surface area contributed by atoms with Crippen molar-refractivity contribution in [1.29, 1.82) is 0 Å². The van der Waals surface area contributed by atoms with Gasteiger partial charge in [-0.15, -0.1) is 11.3 Å². The zero-order valence-corrected chi connectivity index (χ0v) is 9.83. The summed E-state index contributed by atoms with van der Waals surface area (Å²) in [7, 11) is 0. The first kappa shape index (κ1) is 11.8. The molecule has 0 aliphatic heterocycles. The van der Waals surface area contributed by atoms with Crippen molar-refractivity contribution >= 4 is 28.1 Å². The quantitative estimate of drug-likeness (QED) is 0.737. The van der Waals surface area contributed by atoms with E-state index in [1.165, 1.54) is 17.8 Å². The van der Waals surface area contributed by atoms with Crippen LogP contribution in [0.3, 0.4) is 0 Å². The fourth-order valence-corrected chi connectivity index (χ4v) is 1.78. The predicted molar refractivity (Wildman–Crippen MR) is 61.3 cm³/mol. The van der Waals surface area contributed by atoms with E-state index in [4.69, 9.17) is 16.3 Å². The van der Waals surface area contributed by atoms with Gasteiger partial charge < -0.3 is 10.1 Å². The summed E-state index contributed by atoms with van der Waals surface area (Å²) in [6, 6.07) is 0. The minimum Gasteiger partial charge on any atom is -0.380 e. The van der Waals surface area contributed by atoms with E-state index in [1.54, 1.807) is 0 Å². The molecule has 0 aliphatic rings. The molecule has 0 spiro atoms. The highest BCUT2D eigenvalue weighted by atomic mass is 35.5. The Morgan fingerprint density at radius 3 is 3.07 bits per heavy atom. The molecule has 0 aliphatic carbocycles. The van der Waals surface area contributed by atoms with E-state index in [2.05, 4.69) is 17.2 Å². The van der Waals surface area contributed by atoms with E-state index in [1.807, 2.05) is 5.38 Å². The van der Waals surface area contributed by atoms with Crippen molar-refractivity contribution in [3.8, 4) is 0 Å². The van der Waals surface area contributed by atoms with Crippen LogP contribution in [0.5, 0.6) is 0 Å². The van der Waals surface area contributed by atoms with Crippen molar-refractivity contribution in [3.63, 3.8) is 0 Å². The lowest BCUT2D eigenvalue weighted by atomic mass is 10.4. The normalized spacial score (nSPS) is 10.4. The first-order chi connectivity index (χ1) is 6.83. The minimum absolute atomic E-state index is 0.546. The number of unbranched alkanes of at least 4 members (excludes halogenated alkanes) is 1. The van der Waals surface area contributed by atoms with E-state index < -0.39 is 0 Å². The highest BCUT2D eigenvalue weighted by Gasteiger charge is 1.97. The van der Waals surface area contributed by atoms with Crippen LogP contribution in [0.4, 0.5) is 5.13 Å². The second-order valence-corrected chi connectivity index (χ2v) is 4.11. The van der Waals surface area contributed by atoms with Crippen LogP contribution in [-0.2, 0) is 4.74 Å². The van der Waals surface area contributed by atoms with Gasteiger partial charge in [0.05, 0.1) is 6.61 Å². The molecule has 80 valence electrons. The molecule has 0 radical (unpaired) electrons. The molecule has 5 heteroatoms. The average molecular weight is 235 g/mol. The number of hydrogen-bond acceptors (Lipinski definition) is 4. The van der Waals surface area contributed by atoms with Gasteiger partial charge in [-0.2, -0.15) is 0 Å². The van der Waals surface area contributed by atoms with E-state index in [0.717, 1.165) is 31.3 Å². The number of nitrogens with zero attached hydrogens (tertiary/aromatic N) is 1. The lowest BCUT2D eigenvalue weighted by Crippen LogP contribution is -2.09. The standard InChI is InChI=1S/C9H15ClN2OS/c1-2-3-5-13-6-4-11-9-12-8(10)7-14-9/h7H,2-6H2,1H3,(H,11,12). The van der Waals surface area contributed by atoms with Crippen LogP contribution in [0.15, 0.2) is 5.38 Å². The molecule has 14 heavy (non-hydrogen) atoms. The smallest absolute Gasteiger partial charge is 0.184 e. The minimum atomic E-state index is 0.546. The summed E-state index contributed by atoms with van der Waals surface area (Å²) in [5.74, 6) is 0. The third-order valence-electron chi connectivity index (χ3n) is 1.64. The Bertz CT molecular complexity index is 255. The fourth-order valence-electron chi connectivity index (χ4n) is 0.914. The van der Waals surface area contributed by atoms with Gasteiger partial charge in [0, 0.05) is 18.5 Å². The molecular formula is C9H15ClN2OS. The largest absolute Gasteiger partial charge is 0.380 e. The summed E-state index contributed by atoms with van der Waals surface area (Å²) in [4.78, 5) is 4.06. The number of hydrogen-bond donors (Lipinski definition) is 1. The molecule has 3 nitrogen and oxygen atoms in total. The molecule has 1 heterocycles. The highest BCUT2D eigenvalue weighted by molar-refractivity contribution is 7.14. The Balaban J connectivity index is 1.99. The molecule has 0 amide bonds. The van der Waals surface area contributed by atoms with Crippen molar-refractivity contribution in [3.05, 3.63) is 10.5 Å². The number of halogens is 1. The summed E-state index contributed by atoms with van der Waals surface area (Å²) in [5, 5.41) is 6.35. The monoisotopic (exact) mass is 234 g/mol. The number of nitrogens with one attached hydrogen (secondary N) is 1. The average Bonchev–Trinajstić information content (AvgIpc) is 2.58. The molecule has 0 bridgehead atoms. The number of ether oxygens (including phenoxy) is 1. The summed E-state index contributed by atoms with van der Waals surface area (Å²) in [6.07, 6.45) is 2.30. The molecule has 1 aromatic rings. The van der Waals surface area contributed by atoms with Crippen molar-refractivity contribution in [2.24, 2.45) is 0 Å². The topological polar surface area (TPSA) is 34.1 Å². The van der Waals surface area contributed by atoms with Gasteiger partial charge in [-0.05, 0) is 6.42 Å². The van der Waals surface area contributed by atoms with Crippen LogP contribution >= 0.6 is 22.9 Å². The zero-order chi connectivity index (χ0) is 10.2. The van der Waals surface area contributed by atoms with Gasteiger partial charge in [-0.25, -0.2) is 4.98 Å². The van der Waals surface area contributed by atoms with E-state index in [9.17, 15) is 0 Å². The predicted octanol–water partition coefficient (Wildman–Crippen LogP) is 3.03. The van der Waals surface area contributed by atoms with Crippen LogP contribution in [0.25, 0.3) is 0 Å². The van der Waals surface area contributed by atoms with Gasteiger partial charge in [-0.1, -0.05) is 24.9 Å². The molecule has 0 fully saturated rings. The van der Waals surface area contributed by atoms with Gasteiger partial charge in [0.15, 0.2) is 5.13 Å². The molecular weight excluding hydrogens is 220 g/mol. The second kappa shape index (κ2) is 7.04. The van der Waals surface area contributed by atoms with Crippen molar-refractivity contribution in [2.75, 3.05) is 25.1 Å². The molecule has 1 rings (SSSR count). The molecule has 0 saturated heterocycles. The van der Waals surface area contributed by atoms with E-state index in [-0.39, 0.29) is 0 Å². The zero-order valence-electron chi connectivity index (χ0n) is 8.25. The molecule has 1 aromatic heterocycles. The van der Waals surface area contributed by atoms with Crippen LogP contribution in [0, 0.1) is 0 Å². The van der Waals surface area contributed by atoms with Crippen LogP contribution in [0.2, 0.25) is 5.15 Å². The maximum atomic E-state index is 5.67. The van der Waals surface area contributed by atoms with Gasteiger partial charge in [0.2, 0.25) is 0 Å². The molecule has 0 unspecified atom stereocenters. The van der Waals surface area contributed by atoms with Crippen LogP contribution < -0.4 is 5.32 Å². The van der Waals surface area contributed by atoms with Gasteiger partial charge in [0.25, 0.3) is 0 Å². The number of aromatic nitrogens is 1. The van der Waals surface area contributed by atoms with Crippen LogP contribution in [0.1, 0.15) is 19.8 Å². The third kappa shape index (κ3) is 4.79. The Kier molecular flexibility index (Phi) is 5.91. The third-order valence-corrected chi connectivity index (χ3v) is 2.76.